The third kappa shape index (κ3) is 7.84. The van der Waals surface area contributed by atoms with E-state index < -0.39 is 9.52 Å². The SMILES string of the molecule is CC(C)Cc1ccc([SiH2]C(c2ccccc2)(c2ccccc2)n2ccnc2)cc1.c1ccc(B(c2ccccc2)c2ccccc2)cc1. The van der Waals surface area contributed by atoms with Gasteiger partial charge in [0, 0.05) is 12.4 Å². The van der Waals surface area contributed by atoms with Crippen LogP contribution in [-0.2, 0) is 11.6 Å². The van der Waals surface area contributed by atoms with Crippen molar-refractivity contribution in [2.24, 2.45) is 5.92 Å². The van der Waals surface area contributed by atoms with Crippen LogP contribution in [0, 0.1) is 5.92 Å². The Labute approximate surface area is 289 Å². The molecule has 0 aliphatic carbocycles. The Balaban J connectivity index is 0.000000182. The lowest BCUT2D eigenvalue weighted by molar-refractivity contribution is 0.596. The number of imidazole rings is 1. The second-order valence-electron chi connectivity index (χ2n) is 12.8. The summed E-state index contributed by atoms with van der Waals surface area (Å²) in [6.07, 6.45) is 7.10. The van der Waals surface area contributed by atoms with E-state index in [9.17, 15) is 0 Å². The van der Waals surface area contributed by atoms with Crippen molar-refractivity contribution in [2.75, 3.05) is 0 Å². The maximum absolute atomic E-state index is 4.41. The minimum Gasteiger partial charge on any atom is -0.326 e. The first-order valence-corrected chi connectivity index (χ1v) is 18.4. The zero-order chi connectivity index (χ0) is 33.0. The van der Waals surface area contributed by atoms with Crippen molar-refractivity contribution in [3.63, 3.8) is 0 Å². The molecule has 0 N–H and O–H groups in total. The number of aromatic nitrogens is 2. The van der Waals surface area contributed by atoms with Gasteiger partial charge in [-0.15, -0.1) is 0 Å². The molecule has 0 aliphatic heterocycles. The van der Waals surface area contributed by atoms with Crippen LogP contribution >= 0.6 is 0 Å². The fourth-order valence-corrected chi connectivity index (χ4v) is 9.06. The van der Waals surface area contributed by atoms with Crippen LogP contribution < -0.4 is 21.6 Å². The van der Waals surface area contributed by atoms with Crippen molar-refractivity contribution in [3.8, 4) is 0 Å². The molecule has 7 rings (SSSR count). The molecule has 2 nitrogen and oxygen atoms in total. The molecule has 48 heavy (non-hydrogen) atoms. The van der Waals surface area contributed by atoms with E-state index in [2.05, 4.69) is 206 Å². The minimum absolute atomic E-state index is 0.210. The van der Waals surface area contributed by atoms with Crippen molar-refractivity contribution in [1.29, 1.82) is 0 Å². The van der Waals surface area contributed by atoms with Gasteiger partial charge < -0.3 is 4.57 Å². The molecule has 0 amide bonds. The first kappa shape index (κ1) is 32.7. The highest BCUT2D eigenvalue weighted by Gasteiger charge is 2.36. The van der Waals surface area contributed by atoms with Gasteiger partial charge in [0.15, 0.2) is 0 Å². The Bertz CT molecular complexity index is 1780. The molecular formula is C44H43BN2Si. The van der Waals surface area contributed by atoms with E-state index in [1.54, 1.807) is 0 Å². The van der Waals surface area contributed by atoms with Gasteiger partial charge in [-0.1, -0.05) is 211 Å². The summed E-state index contributed by atoms with van der Waals surface area (Å²) in [5.41, 5.74) is 8.06. The molecule has 7 aromatic rings. The van der Waals surface area contributed by atoms with E-state index in [1.807, 2.05) is 12.5 Å². The van der Waals surface area contributed by atoms with Crippen LogP contribution in [0.2, 0.25) is 0 Å². The Hall–Kier alpha value is -5.19. The maximum atomic E-state index is 4.41. The smallest absolute Gasteiger partial charge is 0.241 e. The van der Waals surface area contributed by atoms with E-state index in [-0.39, 0.29) is 5.16 Å². The lowest BCUT2D eigenvalue weighted by Crippen LogP contribution is -2.51. The van der Waals surface area contributed by atoms with Gasteiger partial charge in [-0.05, 0) is 29.0 Å². The molecule has 0 saturated carbocycles. The number of benzene rings is 6. The summed E-state index contributed by atoms with van der Waals surface area (Å²) in [5.74, 6) is 0.678. The van der Waals surface area contributed by atoms with Crippen LogP contribution in [0.15, 0.2) is 195 Å². The first-order chi connectivity index (χ1) is 23.6. The Kier molecular flexibility index (Phi) is 11.0. The summed E-state index contributed by atoms with van der Waals surface area (Å²) >= 11 is 0. The summed E-state index contributed by atoms with van der Waals surface area (Å²) in [7, 11) is -0.790. The van der Waals surface area contributed by atoms with Crippen LogP contribution in [0.5, 0.6) is 0 Å². The standard InChI is InChI=1S/C26H28N2Si.C18H15B/c1-21(2)19-22-13-15-25(16-14-22)29-26(28-18-17-27-20-28,23-9-5-3-6-10-23)24-11-7-4-8-12-24;1-4-10-16(11-5-1)19(17-12-6-2-7-13-17)18-14-8-3-9-15-18/h3-18,20-21H,19,29H2,1-2H3;1-15H. The van der Waals surface area contributed by atoms with Crippen LogP contribution in [-0.4, -0.2) is 25.8 Å². The lowest BCUT2D eigenvalue weighted by atomic mass is 9.37. The highest BCUT2D eigenvalue weighted by atomic mass is 28.2. The monoisotopic (exact) mass is 638 g/mol. The van der Waals surface area contributed by atoms with Crippen LogP contribution in [0.1, 0.15) is 30.5 Å². The van der Waals surface area contributed by atoms with Gasteiger partial charge in [0.1, 0.15) is 0 Å². The Morgan fingerprint density at radius 2 is 0.979 bits per heavy atom. The lowest BCUT2D eigenvalue weighted by Gasteiger charge is -2.37. The summed E-state index contributed by atoms with van der Waals surface area (Å²) in [4.78, 5) is 4.41. The topological polar surface area (TPSA) is 17.8 Å². The van der Waals surface area contributed by atoms with E-state index in [4.69, 9.17) is 0 Å². The third-order valence-electron chi connectivity index (χ3n) is 8.97. The normalized spacial score (nSPS) is 11.3. The number of hydrogen-bond acceptors (Lipinski definition) is 1. The number of hydrogen-bond donors (Lipinski definition) is 0. The van der Waals surface area contributed by atoms with Crippen LogP contribution in [0.4, 0.5) is 0 Å². The zero-order valence-electron chi connectivity index (χ0n) is 27.9. The predicted molar refractivity (Wildman–Crippen MR) is 208 cm³/mol. The molecule has 1 aromatic heterocycles. The van der Waals surface area contributed by atoms with Gasteiger partial charge in [-0.3, -0.25) is 0 Å². The maximum Gasteiger partial charge on any atom is 0.241 e. The number of nitrogens with zero attached hydrogens (tertiary/aromatic N) is 2. The van der Waals surface area contributed by atoms with Gasteiger partial charge in [0.2, 0.25) is 6.71 Å². The largest absolute Gasteiger partial charge is 0.326 e. The molecular weight excluding hydrogens is 595 g/mol. The van der Waals surface area contributed by atoms with Crippen molar-refractivity contribution >= 4 is 37.8 Å². The summed E-state index contributed by atoms with van der Waals surface area (Å²) < 4.78 is 2.31. The molecule has 0 bridgehead atoms. The van der Waals surface area contributed by atoms with Crippen molar-refractivity contribution < 1.29 is 0 Å². The van der Waals surface area contributed by atoms with E-state index in [0.29, 0.717) is 12.6 Å². The Morgan fingerprint density at radius 3 is 1.35 bits per heavy atom. The second kappa shape index (κ2) is 16.1. The highest BCUT2D eigenvalue weighted by molar-refractivity contribution is 6.95. The van der Waals surface area contributed by atoms with Gasteiger partial charge in [0.05, 0.1) is 21.0 Å². The van der Waals surface area contributed by atoms with E-state index >= 15 is 0 Å². The molecule has 6 aromatic carbocycles. The zero-order valence-corrected chi connectivity index (χ0v) is 29.4. The van der Waals surface area contributed by atoms with Crippen LogP contribution in [0.25, 0.3) is 0 Å². The van der Waals surface area contributed by atoms with Gasteiger partial charge in [-0.2, -0.15) is 0 Å². The summed E-state index contributed by atoms with van der Waals surface area (Å²) in [5, 5.41) is 1.25. The van der Waals surface area contributed by atoms with Crippen molar-refractivity contribution in [1.82, 2.24) is 9.55 Å². The van der Waals surface area contributed by atoms with Gasteiger partial charge in [0.25, 0.3) is 0 Å². The molecule has 0 spiro atoms. The van der Waals surface area contributed by atoms with Crippen molar-refractivity contribution in [2.45, 2.75) is 25.4 Å². The molecule has 236 valence electrons. The predicted octanol–water partition coefficient (Wildman–Crippen LogP) is 6.53. The van der Waals surface area contributed by atoms with E-state index in [0.717, 1.165) is 6.42 Å². The van der Waals surface area contributed by atoms with E-state index in [1.165, 1.54) is 38.3 Å². The molecule has 1 heterocycles. The van der Waals surface area contributed by atoms with Crippen molar-refractivity contribution in [3.05, 3.63) is 211 Å². The second-order valence-corrected chi connectivity index (χ2v) is 15.0. The minimum atomic E-state index is -0.790. The quantitative estimate of drug-likeness (QED) is 0.156. The fourth-order valence-electron chi connectivity index (χ4n) is 6.75. The summed E-state index contributed by atoms with van der Waals surface area (Å²) in [6.45, 7) is 4.86. The highest BCUT2D eigenvalue weighted by Crippen LogP contribution is 2.33. The molecule has 0 atom stereocenters. The average molecular weight is 639 g/mol. The molecule has 0 radical (unpaired) electrons. The molecule has 0 saturated heterocycles. The molecule has 0 fully saturated rings. The van der Waals surface area contributed by atoms with Gasteiger partial charge in [-0.25, -0.2) is 4.98 Å². The first-order valence-electron chi connectivity index (χ1n) is 17.0. The molecule has 0 aliphatic rings. The fraction of sp³-hybridized carbons (Fsp3) is 0.114. The van der Waals surface area contributed by atoms with Gasteiger partial charge >= 0.3 is 0 Å². The van der Waals surface area contributed by atoms with Crippen LogP contribution in [0.3, 0.4) is 0 Å². The molecule has 0 unspecified atom stereocenters. The average Bonchev–Trinajstić information content (AvgIpc) is 3.70. The summed E-state index contributed by atoms with van der Waals surface area (Å²) in [6, 6.07) is 63.1. The molecule has 4 heteroatoms. The number of rotatable bonds is 10. The Morgan fingerprint density at radius 1 is 0.562 bits per heavy atom. The third-order valence-corrected chi connectivity index (χ3v) is 11.5.